The maximum atomic E-state index is 13.1. The zero-order valence-corrected chi connectivity index (χ0v) is 18.2. The summed E-state index contributed by atoms with van der Waals surface area (Å²) in [7, 11) is 0. The van der Waals surface area contributed by atoms with Gasteiger partial charge in [-0.25, -0.2) is 4.98 Å². The monoisotopic (exact) mass is 472 g/mol. The lowest BCUT2D eigenvalue weighted by Gasteiger charge is -2.22. The minimum Gasteiger partial charge on any atom is -0.337 e. The molecule has 1 saturated heterocycles. The number of amides is 2. The van der Waals surface area contributed by atoms with Crippen LogP contribution in [0, 0.1) is 0 Å². The molecule has 0 saturated carbocycles. The van der Waals surface area contributed by atoms with Gasteiger partial charge in [-0.2, -0.15) is 13.2 Å². The third kappa shape index (κ3) is 4.06. The van der Waals surface area contributed by atoms with Crippen molar-refractivity contribution < 1.29 is 22.8 Å². The smallest absolute Gasteiger partial charge is 0.337 e. The summed E-state index contributed by atoms with van der Waals surface area (Å²) in [5, 5.41) is 0. The first kappa shape index (κ1) is 21.4. The molecule has 4 aromatic rings. The van der Waals surface area contributed by atoms with Gasteiger partial charge < -0.3 is 9.80 Å². The number of aromatic nitrogens is 2. The summed E-state index contributed by atoms with van der Waals surface area (Å²) in [6.45, 7) is 1.33. The normalized spacial score (nSPS) is 15.2. The van der Waals surface area contributed by atoms with Crippen molar-refractivity contribution in [1.82, 2.24) is 19.2 Å². The number of fused-ring (bicyclic) bond motifs is 3. The highest BCUT2D eigenvalue weighted by molar-refractivity contribution is 7.23. The summed E-state index contributed by atoms with van der Waals surface area (Å²) >= 11 is 1.50. The molecule has 0 radical (unpaired) electrons. The van der Waals surface area contributed by atoms with Gasteiger partial charge >= 0.3 is 6.18 Å². The fraction of sp³-hybridized carbons (Fsp3) is 0.261. The van der Waals surface area contributed by atoms with Crippen molar-refractivity contribution in [2.24, 2.45) is 0 Å². The third-order valence-corrected chi connectivity index (χ3v) is 6.76. The van der Waals surface area contributed by atoms with E-state index in [9.17, 15) is 22.8 Å². The molecule has 170 valence electrons. The number of rotatable bonds is 2. The van der Waals surface area contributed by atoms with Crippen LogP contribution in [0.5, 0.6) is 0 Å². The van der Waals surface area contributed by atoms with E-state index in [0.717, 1.165) is 27.3 Å². The first-order valence-corrected chi connectivity index (χ1v) is 11.3. The zero-order valence-electron chi connectivity index (χ0n) is 17.4. The van der Waals surface area contributed by atoms with Gasteiger partial charge in [0.2, 0.25) is 0 Å². The quantitative estimate of drug-likeness (QED) is 0.430. The number of hydrogen-bond acceptors (Lipinski definition) is 4. The molecule has 2 aromatic carbocycles. The average molecular weight is 472 g/mol. The van der Waals surface area contributed by atoms with Crippen molar-refractivity contribution in [3.8, 4) is 0 Å². The summed E-state index contributed by atoms with van der Waals surface area (Å²) in [6, 6.07) is 12.3. The first-order valence-electron chi connectivity index (χ1n) is 10.4. The Kier molecular flexibility index (Phi) is 5.32. The Morgan fingerprint density at radius 3 is 2.39 bits per heavy atom. The van der Waals surface area contributed by atoms with Crippen molar-refractivity contribution >= 4 is 38.3 Å². The Balaban J connectivity index is 1.30. The molecule has 0 spiro atoms. The van der Waals surface area contributed by atoms with Crippen molar-refractivity contribution in [3.63, 3.8) is 0 Å². The molecule has 0 unspecified atom stereocenters. The molecule has 0 N–H and O–H groups in total. The van der Waals surface area contributed by atoms with Gasteiger partial charge in [0, 0.05) is 37.9 Å². The van der Waals surface area contributed by atoms with Gasteiger partial charge in [0.05, 0.1) is 15.8 Å². The Hall–Kier alpha value is -3.40. The number of nitrogens with zero attached hydrogens (tertiary/aromatic N) is 4. The van der Waals surface area contributed by atoms with E-state index in [-0.39, 0.29) is 24.6 Å². The molecule has 1 fully saturated rings. The summed E-state index contributed by atoms with van der Waals surface area (Å²) in [5.74, 6) is -0.687. The van der Waals surface area contributed by atoms with Crippen LogP contribution in [-0.2, 0) is 6.18 Å². The lowest BCUT2D eigenvalue weighted by Crippen LogP contribution is -2.37. The van der Waals surface area contributed by atoms with E-state index in [2.05, 4.69) is 4.98 Å². The van der Waals surface area contributed by atoms with E-state index in [0.29, 0.717) is 25.2 Å². The molecular weight excluding hydrogens is 453 g/mol. The maximum Gasteiger partial charge on any atom is 0.416 e. The summed E-state index contributed by atoms with van der Waals surface area (Å²) in [4.78, 5) is 34.3. The molecule has 10 heteroatoms. The maximum absolute atomic E-state index is 13.1. The number of para-hydroxylation sites is 1. The SMILES string of the molecule is O=C(c1cccc(C(F)(F)F)c1)N1CCCN(C(=O)c2cn3c(n2)sc2ccccc23)CC1. The van der Waals surface area contributed by atoms with Gasteiger partial charge in [-0.3, -0.25) is 14.0 Å². The fourth-order valence-corrected chi connectivity index (χ4v) is 5.06. The van der Waals surface area contributed by atoms with E-state index in [1.807, 2.05) is 28.7 Å². The summed E-state index contributed by atoms with van der Waals surface area (Å²) < 4.78 is 42.0. The van der Waals surface area contributed by atoms with Gasteiger partial charge in [-0.1, -0.05) is 29.5 Å². The van der Waals surface area contributed by atoms with Gasteiger partial charge in [-0.05, 0) is 36.8 Å². The van der Waals surface area contributed by atoms with Crippen LogP contribution in [-0.4, -0.2) is 57.2 Å². The number of carbonyl (C=O) groups is 2. The van der Waals surface area contributed by atoms with Gasteiger partial charge in [-0.15, -0.1) is 0 Å². The second kappa shape index (κ2) is 8.18. The van der Waals surface area contributed by atoms with E-state index >= 15 is 0 Å². The molecular formula is C23H19F3N4O2S. The van der Waals surface area contributed by atoms with Crippen LogP contribution in [0.25, 0.3) is 15.2 Å². The predicted molar refractivity (Wildman–Crippen MR) is 118 cm³/mol. The molecule has 3 heterocycles. The van der Waals surface area contributed by atoms with Crippen LogP contribution in [0.4, 0.5) is 13.2 Å². The lowest BCUT2D eigenvalue weighted by atomic mass is 10.1. The number of alkyl halides is 3. The number of carbonyl (C=O) groups excluding carboxylic acids is 2. The fourth-order valence-electron chi connectivity index (χ4n) is 4.05. The standard InChI is InChI=1S/C23H19F3N4O2S/c24-23(25,26)16-6-3-5-15(13-16)20(31)28-9-4-10-29(12-11-28)21(32)17-14-30-18-7-1-2-8-19(18)33-22(30)27-17/h1-3,5-8,13-14H,4,9-12H2. The number of hydrogen-bond donors (Lipinski definition) is 0. The molecule has 2 amide bonds. The van der Waals surface area contributed by atoms with Gasteiger partial charge in [0.25, 0.3) is 11.8 Å². The first-order chi connectivity index (χ1) is 15.8. The van der Waals surface area contributed by atoms with E-state index < -0.39 is 17.6 Å². The van der Waals surface area contributed by atoms with E-state index in [1.165, 1.54) is 28.4 Å². The average Bonchev–Trinajstić information content (AvgIpc) is 3.26. The number of benzene rings is 2. The van der Waals surface area contributed by atoms with Gasteiger partial charge in [0.15, 0.2) is 4.96 Å². The van der Waals surface area contributed by atoms with Crippen LogP contribution in [0.1, 0.15) is 32.8 Å². The Morgan fingerprint density at radius 1 is 0.909 bits per heavy atom. The largest absolute Gasteiger partial charge is 0.416 e. The van der Waals surface area contributed by atoms with Gasteiger partial charge in [0.1, 0.15) is 5.69 Å². The van der Waals surface area contributed by atoms with Crippen LogP contribution in [0.2, 0.25) is 0 Å². The third-order valence-electron chi connectivity index (χ3n) is 5.73. The molecule has 0 bridgehead atoms. The van der Waals surface area contributed by atoms with Crippen LogP contribution in [0.3, 0.4) is 0 Å². The molecule has 6 nitrogen and oxygen atoms in total. The Labute approximate surface area is 190 Å². The van der Waals surface area contributed by atoms with Crippen molar-refractivity contribution in [3.05, 3.63) is 71.5 Å². The highest BCUT2D eigenvalue weighted by Crippen LogP contribution is 2.30. The lowest BCUT2D eigenvalue weighted by molar-refractivity contribution is -0.137. The molecule has 33 heavy (non-hydrogen) atoms. The van der Waals surface area contributed by atoms with E-state index in [1.54, 1.807) is 11.1 Å². The zero-order chi connectivity index (χ0) is 23.2. The number of thiazole rings is 1. The highest BCUT2D eigenvalue weighted by Gasteiger charge is 2.32. The van der Waals surface area contributed by atoms with Crippen molar-refractivity contribution in [2.45, 2.75) is 12.6 Å². The number of halogens is 3. The summed E-state index contributed by atoms with van der Waals surface area (Å²) in [5.41, 5.74) is 0.459. The van der Waals surface area contributed by atoms with E-state index in [4.69, 9.17) is 0 Å². The second-order valence-corrected chi connectivity index (χ2v) is 8.87. The topological polar surface area (TPSA) is 57.9 Å². The van der Waals surface area contributed by atoms with Crippen LogP contribution < -0.4 is 0 Å². The van der Waals surface area contributed by atoms with Crippen LogP contribution >= 0.6 is 11.3 Å². The molecule has 2 aromatic heterocycles. The van der Waals surface area contributed by atoms with Crippen LogP contribution in [0.15, 0.2) is 54.7 Å². The number of imidazole rings is 1. The molecule has 0 aliphatic carbocycles. The predicted octanol–water partition coefficient (Wildman–Crippen LogP) is 4.56. The molecule has 1 aliphatic rings. The molecule has 1 aliphatic heterocycles. The minimum atomic E-state index is -4.51. The Bertz CT molecular complexity index is 1360. The summed E-state index contributed by atoms with van der Waals surface area (Å²) in [6.07, 6.45) is -2.25. The Morgan fingerprint density at radius 2 is 1.64 bits per heavy atom. The minimum absolute atomic E-state index is 0.00850. The van der Waals surface area contributed by atoms with Crippen molar-refractivity contribution in [1.29, 1.82) is 0 Å². The molecule has 5 rings (SSSR count). The molecule has 0 atom stereocenters. The highest BCUT2D eigenvalue weighted by atomic mass is 32.1. The van der Waals surface area contributed by atoms with Crippen molar-refractivity contribution in [2.75, 3.05) is 26.2 Å². The second-order valence-electron chi connectivity index (χ2n) is 7.87.